The van der Waals surface area contributed by atoms with Gasteiger partial charge in [-0.05, 0) is 25.2 Å². The predicted molar refractivity (Wildman–Crippen MR) is 54.0 cm³/mol. The molecule has 0 rings (SSSR count). The standard InChI is InChI=1S/C9H21O3Si/c1-6-9(5,12-13(10)11)7-8(2,3)4/h10-11H,6-7H2,1-5H3. The molecule has 0 bridgehead atoms. The Morgan fingerprint density at radius 1 is 1.15 bits per heavy atom. The second kappa shape index (κ2) is 4.55. The Bertz CT molecular complexity index is 153. The van der Waals surface area contributed by atoms with Crippen LogP contribution in [0.4, 0.5) is 0 Å². The highest BCUT2D eigenvalue weighted by molar-refractivity contribution is 6.32. The van der Waals surface area contributed by atoms with Gasteiger partial charge in [-0.3, -0.25) is 0 Å². The molecule has 0 aliphatic rings. The predicted octanol–water partition coefficient (Wildman–Crippen LogP) is 1.58. The Kier molecular flexibility index (Phi) is 4.58. The van der Waals surface area contributed by atoms with Gasteiger partial charge in [-0.1, -0.05) is 27.7 Å². The van der Waals surface area contributed by atoms with Gasteiger partial charge in [0.15, 0.2) is 0 Å². The third-order valence-corrected chi connectivity index (χ3v) is 2.67. The molecule has 0 aromatic heterocycles. The fourth-order valence-electron chi connectivity index (χ4n) is 1.58. The molecule has 0 aliphatic carbocycles. The van der Waals surface area contributed by atoms with Crippen LogP contribution in [-0.2, 0) is 4.43 Å². The molecule has 2 N–H and O–H groups in total. The summed E-state index contributed by atoms with van der Waals surface area (Å²) in [6, 6.07) is 0. The zero-order valence-electron chi connectivity index (χ0n) is 9.22. The van der Waals surface area contributed by atoms with Gasteiger partial charge in [-0.15, -0.1) is 0 Å². The van der Waals surface area contributed by atoms with Gasteiger partial charge in [-0.25, -0.2) is 0 Å². The summed E-state index contributed by atoms with van der Waals surface area (Å²) in [7, 11) is -2.57. The Morgan fingerprint density at radius 3 is 1.85 bits per heavy atom. The summed E-state index contributed by atoms with van der Waals surface area (Å²) in [5, 5.41) is 0. The van der Waals surface area contributed by atoms with Gasteiger partial charge in [0.25, 0.3) is 0 Å². The van der Waals surface area contributed by atoms with Crippen molar-refractivity contribution in [1.29, 1.82) is 0 Å². The second-order valence-electron chi connectivity index (χ2n) is 4.93. The molecule has 0 spiro atoms. The van der Waals surface area contributed by atoms with Crippen LogP contribution in [0.1, 0.15) is 47.5 Å². The maximum atomic E-state index is 8.85. The molecule has 1 radical (unpaired) electrons. The number of hydrogen-bond acceptors (Lipinski definition) is 3. The number of rotatable bonds is 4. The molecule has 1 atom stereocenters. The lowest BCUT2D eigenvalue weighted by Crippen LogP contribution is -2.39. The Hall–Kier alpha value is 0.0969. The van der Waals surface area contributed by atoms with Gasteiger partial charge in [0.1, 0.15) is 0 Å². The summed E-state index contributed by atoms with van der Waals surface area (Å²) in [4.78, 5) is 17.7. The minimum atomic E-state index is -2.57. The van der Waals surface area contributed by atoms with E-state index in [0.29, 0.717) is 0 Å². The molecule has 13 heavy (non-hydrogen) atoms. The van der Waals surface area contributed by atoms with Crippen LogP contribution in [0.2, 0.25) is 0 Å². The van der Waals surface area contributed by atoms with E-state index in [0.717, 1.165) is 12.8 Å². The Labute approximate surface area is 82.7 Å². The largest absolute Gasteiger partial charge is 0.572 e. The summed E-state index contributed by atoms with van der Waals surface area (Å²) in [5.74, 6) is 0. The highest BCUT2D eigenvalue weighted by Crippen LogP contribution is 2.32. The number of hydrogen-bond donors (Lipinski definition) is 2. The van der Waals surface area contributed by atoms with Crippen molar-refractivity contribution in [2.75, 3.05) is 0 Å². The first-order valence-corrected chi connectivity index (χ1v) is 5.93. The van der Waals surface area contributed by atoms with Gasteiger partial charge < -0.3 is 14.0 Å². The summed E-state index contributed by atoms with van der Waals surface area (Å²) < 4.78 is 5.18. The molecule has 0 aliphatic heterocycles. The zero-order valence-corrected chi connectivity index (χ0v) is 10.2. The van der Waals surface area contributed by atoms with E-state index in [4.69, 9.17) is 14.0 Å². The van der Waals surface area contributed by atoms with Crippen molar-refractivity contribution in [3.63, 3.8) is 0 Å². The molecular weight excluding hydrogens is 184 g/mol. The van der Waals surface area contributed by atoms with Crippen molar-refractivity contribution in [3.05, 3.63) is 0 Å². The monoisotopic (exact) mass is 205 g/mol. The first kappa shape index (κ1) is 13.1. The Balaban J connectivity index is 4.28. The van der Waals surface area contributed by atoms with Crippen molar-refractivity contribution in [2.24, 2.45) is 5.41 Å². The Morgan fingerprint density at radius 2 is 1.62 bits per heavy atom. The third kappa shape index (κ3) is 6.21. The van der Waals surface area contributed by atoms with Gasteiger partial charge in [-0.2, -0.15) is 0 Å². The summed E-state index contributed by atoms with van der Waals surface area (Å²) in [5.41, 5.74) is -0.266. The second-order valence-corrected chi connectivity index (χ2v) is 5.69. The first-order valence-electron chi connectivity index (χ1n) is 4.62. The molecule has 0 amide bonds. The van der Waals surface area contributed by atoms with Crippen molar-refractivity contribution in [1.82, 2.24) is 0 Å². The fourth-order valence-corrected chi connectivity index (χ4v) is 2.23. The molecule has 0 heterocycles. The molecular formula is C9H21O3Si. The van der Waals surface area contributed by atoms with E-state index in [1.165, 1.54) is 0 Å². The smallest absolute Gasteiger partial charge is 0.388 e. The van der Waals surface area contributed by atoms with Crippen molar-refractivity contribution in [3.8, 4) is 0 Å². The maximum Gasteiger partial charge on any atom is 0.572 e. The normalized spacial score (nSPS) is 17.5. The van der Waals surface area contributed by atoms with Gasteiger partial charge in [0, 0.05) is 0 Å². The molecule has 0 aromatic carbocycles. The van der Waals surface area contributed by atoms with Crippen LogP contribution in [0.3, 0.4) is 0 Å². The maximum absolute atomic E-state index is 8.85. The SMILES string of the molecule is CCC(C)(CC(C)(C)C)O[Si](O)O. The van der Waals surface area contributed by atoms with E-state index >= 15 is 0 Å². The zero-order chi connectivity index (χ0) is 10.7. The third-order valence-electron chi connectivity index (χ3n) is 1.99. The van der Waals surface area contributed by atoms with Crippen LogP contribution in [0.25, 0.3) is 0 Å². The van der Waals surface area contributed by atoms with E-state index in [9.17, 15) is 0 Å². The van der Waals surface area contributed by atoms with Gasteiger partial charge in [0.05, 0.1) is 5.60 Å². The van der Waals surface area contributed by atoms with Crippen LogP contribution in [-0.4, -0.2) is 24.7 Å². The minimum absolute atomic E-state index is 0.141. The average molecular weight is 205 g/mol. The lowest BCUT2D eigenvalue weighted by atomic mass is 9.82. The molecule has 1 unspecified atom stereocenters. The highest BCUT2D eigenvalue weighted by Gasteiger charge is 2.32. The summed E-state index contributed by atoms with van der Waals surface area (Å²) in [6.07, 6.45) is 1.62. The van der Waals surface area contributed by atoms with Crippen molar-refractivity contribution >= 4 is 9.53 Å². The van der Waals surface area contributed by atoms with Gasteiger partial charge in [0.2, 0.25) is 0 Å². The van der Waals surface area contributed by atoms with E-state index in [2.05, 4.69) is 20.8 Å². The minimum Gasteiger partial charge on any atom is -0.388 e. The van der Waals surface area contributed by atoms with E-state index < -0.39 is 15.1 Å². The summed E-state index contributed by atoms with van der Waals surface area (Å²) >= 11 is 0. The van der Waals surface area contributed by atoms with E-state index in [1.54, 1.807) is 0 Å². The molecule has 4 heteroatoms. The van der Waals surface area contributed by atoms with Crippen LogP contribution >= 0.6 is 0 Å². The lowest BCUT2D eigenvalue weighted by Gasteiger charge is -2.35. The van der Waals surface area contributed by atoms with Crippen LogP contribution in [0, 0.1) is 5.41 Å². The van der Waals surface area contributed by atoms with Crippen LogP contribution < -0.4 is 0 Å². The fraction of sp³-hybridized carbons (Fsp3) is 1.00. The molecule has 3 nitrogen and oxygen atoms in total. The van der Waals surface area contributed by atoms with Crippen LogP contribution in [0.15, 0.2) is 0 Å². The average Bonchev–Trinajstić information content (AvgIpc) is 1.81. The van der Waals surface area contributed by atoms with Crippen molar-refractivity contribution in [2.45, 2.75) is 53.1 Å². The molecule has 0 saturated carbocycles. The quantitative estimate of drug-likeness (QED) is 0.685. The molecule has 0 fully saturated rings. The lowest BCUT2D eigenvalue weighted by molar-refractivity contribution is -0.000151. The van der Waals surface area contributed by atoms with Crippen molar-refractivity contribution < 1.29 is 14.0 Å². The van der Waals surface area contributed by atoms with E-state index in [-0.39, 0.29) is 5.41 Å². The molecule has 0 aromatic rings. The highest BCUT2D eigenvalue weighted by atomic mass is 28.3. The van der Waals surface area contributed by atoms with Crippen LogP contribution in [0.5, 0.6) is 0 Å². The van der Waals surface area contributed by atoms with Gasteiger partial charge >= 0.3 is 9.53 Å². The summed E-state index contributed by atoms with van der Waals surface area (Å²) in [6.45, 7) is 10.3. The van der Waals surface area contributed by atoms with E-state index in [1.807, 2.05) is 13.8 Å². The first-order chi connectivity index (χ1) is 5.68. The molecule has 79 valence electrons. The topological polar surface area (TPSA) is 49.7 Å². The molecule has 0 saturated heterocycles.